The number of hydrogen-bond acceptors (Lipinski definition) is 6. The predicted octanol–water partition coefficient (Wildman–Crippen LogP) is 2.29. The second kappa shape index (κ2) is 9.24. The molecule has 1 N–H and O–H groups in total. The maximum Gasteiger partial charge on any atom is 0.231 e. The largest absolute Gasteiger partial charge is 0.381 e. The monoisotopic (exact) mass is 435 g/mol. The molecule has 0 bridgehead atoms. The van der Waals surface area contributed by atoms with Crippen molar-refractivity contribution in [3.05, 3.63) is 48.3 Å². The Kier molecular flexibility index (Phi) is 6.03. The highest BCUT2D eigenvalue weighted by Crippen LogP contribution is 2.30. The number of nitrogens with zero attached hydrogens (tertiary/aromatic N) is 4. The normalized spacial score (nSPS) is 21.9. The molecule has 0 radical (unpaired) electrons. The first-order chi connectivity index (χ1) is 15.7. The van der Waals surface area contributed by atoms with Crippen LogP contribution in [-0.2, 0) is 14.3 Å². The molecule has 0 spiro atoms. The molecule has 3 aliphatic rings. The summed E-state index contributed by atoms with van der Waals surface area (Å²) < 4.78 is 5.36. The third-order valence-electron chi connectivity index (χ3n) is 6.92. The number of anilines is 2. The van der Waals surface area contributed by atoms with Crippen LogP contribution in [0.5, 0.6) is 0 Å². The van der Waals surface area contributed by atoms with Crippen LogP contribution in [0.2, 0.25) is 0 Å². The van der Waals surface area contributed by atoms with Crippen LogP contribution >= 0.6 is 0 Å². The number of nitrogens with one attached hydrogen (secondary N) is 1. The summed E-state index contributed by atoms with van der Waals surface area (Å²) in [5, 5.41) is 10.7. The summed E-state index contributed by atoms with van der Waals surface area (Å²) >= 11 is 0. The maximum atomic E-state index is 12.6. The lowest BCUT2D eigenvalue weighted by atomic mass is 9.88. The van der Waals surface area contributed by atoms with Gasteiger partial charge in [-0.2, -0.15) is 10.2 Å². The summed E-state index contributed by atoms with van der Waals surface area (Å²) in [5.41, 5.74) is 3.11. The molecule has 1 unspecified atom stereocenters. The van der Waals surface area contributed by atoms with Gasteiger partial charge in [-0.15, -0.1) is 0 Å². The summed E-state index contributed by atoms with van der Waals surface area (Å²) in [6.07, 6.45) is 6.19. The number of amides is 2. The fraction of sp³-hybridized carbons (Fsp3) is 0.500. The zero-order valence-corrected chi connectivity index (χ0v) is 18.2. The number of carbonyl (C=O) groups is 2. The average Bonchev–Trinajstić information content (AvgIpc) is 3.34. The van der Waals surface area contributed by atoms with Gasteiger partial charge in [-0.05, 0) is 48.9 Å². The van der Waals surface area contributed by atoms with Crippen LogP contribution in [0.25, 0.3) is 0 Å². The minimum absolute atomic E-state index is 0.0185. The number of carbonyl (C=O) groups excluding carboxylic acids is 2. The van der Waals surface area contributed by atoms with Crippen LogP contribution < -0.4 is 10.2 Å². The van der Waals surface area contributed by atoms with E-state index in [2.05, 4.69) is 32.5 Å². The van der Waals surface area contributed by atoms with E-state index in [9.17, 15) is 9.59 Å². The van der Waals surface area contributed by atoms with Crippen molar-refractivity contribution in [2.75, 3.05) is 49.6 Å². The summed E-state index contributed by atoms with van der Waals surface area (Å²) in [4.78, 5) is 29.3. The van der Waals surface area contributed by atoms with Crippen molar-refractivity contribution in [3.63, 3.8) is 0 Å². The molecule has 1 atom stereocenters. The van der Waals surface area contributed by atoms with E-state index in [1.54, 1.807) is 12.4 Å². The fourth-order valence-electron chi connectivity index (χ4n) is 4.83. The first-order valence-corrected chi connectivity index (χ1v) is 11.5. The highest BCUT2D eigenvalue weighted by molar-refractivity contribution is 5.94. The average molecular weight is 436 g/mol. The highest BCUT2D eigenvalue weighted by Gasteiger charge is 2.33. The maximum absolute atomic E-state index is 12.6. The molecule has 0 saturated carbocycles. The van der Waals surface area contributed by atoms with Gasteiger partial charge in [0.05, 0.1) is 36.5 Å². The lowest BCUT2D eigenvalue weighted by Gasteiger charge is -2.39. The lowest BCUT2D eigenvalue weighted by molar-refractivity contribution is -0.136. The van der Waals surface area contributed by atoms with Gasteiger partial charge in [0.2, 0.25) is 11.8 Å². The molecule has 8 nitrogen and oxygen atoms in total. The second-order valence-corrected chi connectivity index (χ2v) is 8.97. The summed E-state index contributed by atoms with van der Waals surface area (Å²) in [7, 11) is 0. The molecule has 1 aromatic carbocycles. The number of benzene rings is 1. The molecule has 0 aliphatic carbocycles. The molecule has 1 aromatic heterocycles. The van der Waals surface area contributed by atoms with Crippen LogP contribution in [0, 0.1) is 11.8 Å². The van der Waals surface area contributed by atoms with E-state index in [4.69, 9.17) is 4.74 Å². The Morgan fingerprint density at radius 2 is 1.75 bits per heavy atom. The molecule has 8 heteroatoms. The summed E-state index contributed by atoms with van der Waals surface area (Å²) in [6, 6.07) is 10.1. The predicted molar refractivity (Wildman–Crippen MR) is 120 cm³/mol. The van der Waals surface area contributed by atoms with Gasteiger partial charge in [0.1, 0.15) is 0 Å². The van der Waals surface area contributed by atoms with Gasteiger partial charge < -0.3 is 19.9 Å². The Morgan fingerprint density at radius 1 is 0.969 bits per heavy atom. The molecule has 2 amide bonds. The van der Waals surface area contributed by atoms with E-state index >= 15 is 0 Å². The first-order valence-electron chi connectivity index (χ1n) is 11.5. The Labute approximate surface area is 187 Å². The smallest absolute Gasteiger partial charge is 0.231 e. The van der Waals surface area contributed by atoms with Crippen molar-refractivity contribution in [2.24, 2.45) is 11.8 Å². The van der Waals surface area contributed by atoms with Crippen molar-refractivity contribution in [2.45, 2.75) is 25.2 Å². The lowest BCUT2D eigenvalue weighted by Crippen LogP contribution is -2.52. The van der Waals surface area contributed by atoms with E-state index in [1.807, 2.05) is 23.1 Å². The number of piperidine rings is 1. The minimum Gasteiger partial charge on any atom is -0.381 e. The summed E-state index contributed by atoms with van der Waals surface area (Å²) in [5.74, 6) is 0.804. The van der Waals surface area contributed by atoms with E-state index in [0.29, 0.717) is 32.2 Å². The fourth-order valence-corrected chi connectivity index (χ4v) is 4.83. The number of hydrogen-bond donors (Lipinski definition) is 1. The van der Waals surface area contributed by atoms with Crippen LogP contribution in [-0.4, -0.2) is 66.3 Å². The Hall–Kier alpha value is -3.00. The quantitative estimate of drug-likeness (QED) is 0.775. The highest BCUT2D eigenvalue weighted by atomic mass is 16.5. The van der Waals surface area contributed by atoms with Gasteiger partial charge in [-0.25, -0.2) is 0 Å². The van der Waals surface area contributed by atoms with Gasteiger partial charge in [0.15, 0.2) is 0 Å². The number of rotatable bonds is 5. The number of ether oxygens (including phenoxy) is 1. The van der Waals surface area contributed by atoms with Crippen LogP contribution in [0.4, 0.5) is 11.4 Å². The molecular weight excluding hydrogens is 406 g/mol. The SMILES string of the molecule is O=C(Nc1ccc(C2CCN(C(=O)C3CCOC3)CC2)cc1)C1CN(c2ccnnc2)C1. The molecule has 3 aliphatic heterocycles. The molecule has 32 heavy (non-hydrogen) atoms. The van der Waals surface area contributed by atoms with Crippen molar-refractivity contribution in [1.82, 2.24) is 15.1 Å². The molecule has 3 saturated heterocycles. The van der Waals surface area contributed by atoms with Crippen molar-refractivity contribution >= 4 is 23.2 Å². The van der Waals surface area contributed by atoms with Crippen LogP contribution in [0.3, 0.4) is 0 Å². The van der Waals surface area contributed by atoms with E-state index < -0.39 is 0 Å². The third-order valence-corrected chi connectivity index (χ3v) is 6.92. The molecule has 3 fully saturated rings. The van der Waals surface area contributed by atoms with Gasteiger partial charge in [-0.3, -0.25) is 9.59 Å². The van der Waals surface area contributed by atoms with Crippen molar-refractivity contribution in [3.8, 4) is 0 Å². The van der Waals surface area contributed by atoms with Crippen LogP contribution in [0.15, 0.2) is 42.7 Å². The van der Waals surface area contributed by atoms with Gasteiger partial charge in [0.25, 0.3) is 0 Å². The summed E-state index contributed by atoms with van der Waals surface area (Å²) in [6.45, 7) is 4.29. The molecule has 168 valence electrons. The standard InChI is InChI=1S/C24H29N5O3/c30-23(20-14-29(15-20)22-5-9-25-26-13-22)27-21-3-1-17(2-4-21)18-6-10-28(11-7-18)24(31)19-8-12-32-16-19/h1-5,9,13,18-20H,6-8,10-12,14-16H2,(H,27,30). The molecule has 5 rings (SSSR count). The third kappa shape index (κ3) is 4.46. The second-order valence-electron chi connectivity index (χ2n) is 8.97. The van der Waals surface area contributed by atoms with Crippen LogP contribution in [0.1, 0.15) is 30.7 Å². The van der Waals surface area contributed by atoms with Gasteiger partial charge in [-0.1, -0.05) is 12.1 Å². The Morgan fingerprint density at radius 3 is 2.41 bits per heavy atom. The van der Waals surface area contributed by atoms with E-state index in [1.165, 1.54) is 5.56 Å². The molecule has 4 heterocycles. The van der Waals surface area contributed by atoms with Gasteiger partial charge in [0, 0.05) is 38.5 Å². The Bertz CT molecular complexity index is 932. The Balaban J connectivity index is 1.09. The zero-order valence-electron chi connectivity index (χ0n) is 18.2. The van der Waals surface area contributed by atoms with E-state index in [-0.39, 0.29) is 23.7 Å². The minimum atomic E-state index is -0.0185. The molecule has 2 aromatic rings. The number of aromatic nitrogens is 2. The topological polar surface area (TPSA) is 87.7 Å². The van der Waals surface area contributed by atoms with Crippen molar-refractivity contribution in [1.29, 1.82) is 0 Å². The van der Waals surface area contributed by atoms with E-state index in [0.717, 1.165) is 43.7 Å². The molecular formula is C24H29N5O3. The first kappa shape index (κ1) is 20.9. The zero-order chi connectivity index (χ0) is 21.9. The van der Waals surface area contributed by atoms with Gasteiger partial charge >= 0.3 is 0 Å². The van der Waals surface area contributed by atoms with Crippen molar-refractivity contribution < 1.29 is 14.3 Å². The number of likely N-dealkylation sites (tertiary alicyclic amines) is 1.